The van der Waals surface area contributed by atoms with Crippen molar-refractivity contribution in [3.8, 4) is 0 Å². The number of hydrogen-bond donors (Lipinski definition) is 2. The maximum atomic E-state index is 12.0. The van der Waals surface area contributed by atoms with Gasteiger partial charge in [-0.1, -0.05) is 5.16 Å². The highest BCUT2D eigenvalue weighted by molar-refractivity contribution is 5.91. The fourth-order valence-electron chi connectivity index (χ4n) is 2.13. The maximum Gasteiger partial charge on any atom is 0.229 e. The van der Waals surface area contributed by atoms with Crippen LogP contribution in [0.15, 0.2) is 23.2 Å². The molecule has 88 valence electrons. The van der Waals surface area contributed by atoms with Gasteiger partial charge in [-0.25, -0.2) is 4.98 Å². The molecule has 3 rings (SSSR count). The van der Waals surface area contributed by atoms with Crippen LogP contribution < -0.4 is 5.32 Å². The minimum atomic E-state index is -0.0281. The van der Waals surface area contributed by atoms with Crippen molar-refractivity contribution >= 4 is 11.7 Å². The van der Waals surface area contributed by atoms with Crippen molar-refractivity contribution in [2.45, 2.75) is 19.3 Å². The lowest BCUT2D eigenvalue weighted by Crippen LogP contribution is -2.28. The van der Waals surface area contributed by atoms with E-state index >= 15 is 0 Å². The highest BCUT2D eigenvalue weighted by Gasteiger charge is 2.26. The van der Waals surface area contributed by atoms with Crippen molar-refractivity contribution in [2.24, 2.45) is 5.92 Å². The molecule has 6 heteroatoms. The number of carbonyl (C=O) groups is 1. The smallest absolute Gasteiger partial charge is 0.229 e. The Bertz CT molecular complexity index is 517. The summed E-state index contributed by atoms with van der Waals surface area (Å²) in [6.07, 6.45) is 5.49. The zero-order valence-electron chi connectivity index (χ0n) is 9.14. The number of anilines is 1. The standard InChI is InChI=1S/C11H12N4O2/c16-11(14-10-3-4-17-15-10)7-1-2-8-9(5-7)13-6-12-8/h3-4,6-7H,1-2,5H2,(H,12,13)(H,14,15,16)/t7-/m1/s1. The van der Waals surface area contributed by atoms with Gasteiger partial charge >= 0.3 is 0 Å². The third-order valence-electron chi connectivity index (χ3n) is 3.05. The number of hydrogen-bond acceptors (Lipinski definition) is 4. The van der Waals surface area contributed by atoms with E-state index in [4.69, 9.17) is 0 Å². The number of amides is 1. The summed E-state index contributed by atoms with van der Waals surface area (Å²) in [6, 6.07) is 1.63. The third-order valence-corrected chi connectivity index (χ3v) is 3.05. The van der Waals surface area contributed by atoms with Gasteiger partial charge in [-0.15, -0.1) is 0 Å². The van der Waals surface area contributed by atoms with E-state index in [9.17, 15) is 4.79 Å². The molecule has 0 saturated heterocycles. The minimum absolute atomic E-state index is 0.0147. The van der Waals surface area contributed by atoms with Crippen LogP contribution in [0.4, 0.5) is 5.82 Å². The van der Waals surface area contributed by atoms with Gasteiger partial charge in [0.1, 0.15) is 6.26 Å². The van der Waals surface area contributed by atoms with Crippen molar-refractivity contribution in [2.75, 3.05) is 5.32 Å². The zero-order valence-corrected chi connectivity index (χ0v) is 9.14. The van der Waals surface area contributed by atoms with Crippen LogP contribution in [0.25, 0.3) is 0 Å². The number of aryl methyl sites for hydroxylation is 1. The number of imidazole rings is 1. The molecular weight excluding hydrogens is 220 g/mol. The number of nitrogens with one attached hydrogen (secondary N) is 2. The molecule has 17 heavy (non-hydrogen) atoms. The highest BCUT2D eigenvalue weighted by Crippen LogP contribution is 2.23. The molecule has 6 nitrogen and oxygen atoms in total. The predicted molar refractivity (Wildman–Crippen MR) is 59.2 cm³/mol. The van der Waals surface area contributed by atoms with Crippen molar-refractivity contribution < 1.29 is 9.32 Å². The fourth-order valence-corrected chi connectivity index (χ4v) is 2.13. The summed E-state index contributed by atoms with van der Waals surface area (Å²) in [7, 11) is 0. The molecule has 2 N–H and O–H groups in total. The number of H-pyrrole nitrogens is 1. The van der Waals surface area contributed by atoms with Gasteiger partial charge in [-0.3, -0.25) is 4.79 Å². The van der Waals surface area contributed by atoms with Crippen molar-refractivity contribution in [3.05, 3.63) is 30.0 Å². The number of rotatable bonds is 2. The van der Waals surface area contributed by atoms with E-state index in [1.165, 1.54) is 6.26 Å². The van der Waals surface area contributed by atoms with E-state index in [2.05, 4.69) is 25.0 Å². The number of nitrogens with zero attached hydrogens (tertiary/aromatic N) is 2. The van der Waals surface area contributed by atoms with Crippen LogP contribution in [-0.2, 0) is 17.6 Å². The highest BCUT2D eigenvalue weighted by atomic mass is 16.5. The van der Waals surface area contributed by atoms with Gasteiger partial charge in [-0.05, 0) is 12.8 Å². The molecule has 1 aliphatic carbocycles. The fraction of sp³-hybridized carbons (Fsp3) is 0.364. The molecule has 0 unspecified atom stereocenters. The second kappa shape index (κ2) is 4.04. The second-order valence-electron chi connectivity index (χ2n) is 4.14. The molecule has 1 amide bonds. The Labute approximate surface area is 97.4 Å². The Morgan fingerprint density at radius 3 is 3.35 bits per heavy atom. The number of fused-ring (bicyclic) bond motifs is 1. The molecule has 2 aromatic rings. The third kappa shape index (κ3) is 1.93. The van der Waals surface area contributed by atoms with Crippen molar-refractivity contribution in [3.63, 3.8) is 0 Å². The predicted octanol–water partition coefficient (Wildman–Crippen LogP) is 1.14. The summed E-state index contributed by atoms with van der Waals surface area (Å²) in [5.74, 6) is 0.421. The zero-order chi connectivity index (χ0) is 11.7. The van der Waals surface area contributed by atoms with E-state index < -0.39 is 0 Å². The Morgan fingerprint density at radius 2 is 2.53 bits per heavy atom. The largest absolute Gasteiger partial charge is 0.363 e. The lowest BCUT2D eigenvalue weighted by atomic mass is 9.89. The molecule has 0 fully saturated rings. The summed E-state index contributed by atoms with van der Waals surface area (Å²) in [5.41, 5.74) is 2.15. The summed E-state index contributed by atoms with van der Waals surface area (Å²) < 4.78 is 4.67. The first kappa shape index (κ1) is 10.1. The number of aromatic nitrogens is 3. The number of aromatic amines is 1. The Hall–Kier alpha value is -2.11. The molecular formula is C11H12N4O2. The molecule has 0 radical (unpaired) electrons. The minimum Gasteiger partial charge on any atom is -0.363 e. The van der Waals surface area contributed by atoms with Crippen LogP contribution >= 0.6 is 0 Å². The van der Waals surface area contributed by atoms with Crippen molar-refractivity contribution in [1.82, 2.24) is 15.1 Å². The molecule has 0 aliphatic heterocycles. The lowest BCUT2D eigenvalue weighted by Gasteiger charge is -2.19. The van der Waals surface area contributed by atoms with Gasteiger partial charge in [-0.2, -0.15) is 0 Å². The Morgan fingerprint density at radius 1 is 1.59 bits per heavy atom. The average Bonchev–Trinajstić information content (AvgIpc) is 2.97. The van der Waals surface area contributed by atoms with E-state index in [1.54, 1.807) is 12.4 Å². The topological polar surface area (TPSA) is 83.8 Å². The van der Waals surface area contributed by atoms with Crippen LogP contribution in [0.2, 0.25) is 0 Å². The van der Waals surface area contributed by atoms with Gasteiger partial charge < -0.3 is 14.8 Å². The number of carbonyl (C=O) groups excluding carboxylic acids is 1. The summed E-state index contributed by atoms with van der Waals surface area (Å²) in [5, 5.41) is 6.39. The van der Waals surface area contributed by atoms with Crippen LogP contribution in [0, 0.1) is 5.92 Å². The monoisotopic (exact) mass is 232 g/mol. The normalized spacial score (nSPS) is 18.7. The molecule has 0 spiro atoms. The average molecular weight is 232 g/mol. The summed E-state index contributed by atoms with van der Waals surface area (Å²) in [4.78, 5) is 19.3. The van der Waals surface area contributed by atoms with Gasteiger partial charge in [0.05, 0.1) is 12.0 Å². The maximum absolute atomic E-state index is 12.0. The molecule has 0 bridgehead atoms. The molecule has 1 aliphatic rings. The SMILES string of the molecule is O=C(Nc1ccon1)[C@@H]1CCc2nc[nH]c2C1. The molecule has 0 saturated carbocycles. The molecule has 2 heterocycles. The van der Waals surface area contributed by atoms with E-state index in [0.29, 0.717) is 12.2 Å². The van der Waals surface area contributed by atoms with Gasteiger partial charge in [0.2, 0.25) is 5.91 Å². The quantitative estimate of drug-likeness (QED) is 0.813. The van der Waals surface area contributed by atoms with Gasteiger partial charge in [0.25, 0.3) is 0 Å². The first-order chi connectivity index (χ1) is 8.33. The van der Waals surface area contributed by atoms with Gasteiger partial charge in [0.15, 0.2) is 5.82 Å². The molecule has 0 aromatic carbocycles. The lowest BCUT2D eigenvalue weighted by molar-refractivity contribution is -0.120. The van der Waals surface area contributed by atoms with Crippen molar-refractivity contribution in [1.29, 1.82) is 0 Å². The van der Waals surface area contributed by atoms with E-state index in [1.807, 2.05) is 0 Å². The van der Waals surface area contributed by atoms with Crippen LogP contribution in [0.5, 0.6) is 0 Å². The Kier molecular flexibility index (Phi) is 2.40. The van der Waals surface area contributed by atoms with E-state index in [0.717, 1.165) is 24.2 Å². The van der Waals surface area contributed by atoms with Crippen LogP contribution in [-0.4, -0.2) is 21.0 Å². The van der Waals surface area contributed by atoms with E-state index in [-0.39, 0.29) is 11.8 Å². The molecule has 2 aromatic heterocycles. The Balaban J connectivity index is 1.68. The van der Waals surface area contributed by atoms with Gasteiger partial charge in [0, 0.05) is 24.1 Å². The first-order valence-electron chi connectivity index (χ1n) is 5.55. The van der Waals surface area contributed by atoms with Crippen LogP contribution in [0.3, 0.4) is 0 Å². The summed E-state index contributed by atoms with van der Waals surface area (Å²) in [6.45, 7) is 0. The molecule has 1 atom stereocenters. The summed E-state index contributed by atoms with van der Waals surface area (Å²) >= 11 is 0. The first-order valence-corrected chi connectivity index (χ1v) is 5.55. The second-order valence-corrected chi connectivity index (χ2v) is 4.14. The van der Waals surface area contributed by atoms with Crippen LogP contribution in [0.1, 0.15) is 17.8 Å².